The molecule has 0 aliphatic carbocycles. The number of imidazole rings is 2. The average Bonchev–Trinajstić information content (AvgIpc) is 4.24. The van der Waals surface area contributed by atoms with Crippen molar-refractivity contribution in [2.24, 2.45) is 0 Å². The first kappa shape index (κ1) is 41.6. The van der Waals surface area contributed by atoms with Crippen LogP contribution in [0, 0.1) is 0 Å². The van der Waals surface area contributed by atoms with Crippen molar-refractivity contribution in [2.75, 3.05) is 7.05 Å². The number of fused-ring (bicyclic) bond motifs is 4. The zero-order valence-corrected chi connectivity index (χ0v) is 38.5. The van der Waals surface area contributed by atoms with Gasteiger partial charge in [-0.2, -0.15) is 10.2 Å². The lowest BCUT2D eigenvalue weighted by Gasteiger charge is -2.31. The van der Waals surface area contributed by atoms with Gasteiger partial charge >= 0.3 is 0 Å². The number of hydrogen-bond acceptors (Lipinski definition) is 10. The molecule has 7 aromatic carbocycles. The van der Waals surface area contributed by atoms with Gasteiger partial charge in [-0.15, -0.1) is 20.4 Å². The zero-order chi connectivity index (χ0) is 47.3. The number of nitrogens with one attached hydrogen (secondary N) is 1. The molecule has 6 heterocycles. The van der Waals surface area contributed by atoms with Crippen LogP contribution in [0.1, 0.15) is 17.0 Å². The Morgan fingerprint density at radius 1 is 0.465 bits per heavy atom. The number of para-hydroxylation sites is 2. The molecule has 0 saturated carbocycles. The minimum absolute atomic E-state index is 0.528. The van der Waals surface area contributed by atoms with Crippen LogP contribution in [0.3, 0.4) is 0 Å². The van der Waals surface area contributed by atoms with Gasteiger partial charge in [-0.1, -0.05) is 140 Å². The molecule has 0 atom stereocenters. The maximum absolute atomic E-state index is 4.95. The van der Waals surface area contributed by atoms with Crippen LogP contribution in [-0.2, 0) is 19.6 Å². The standard InChI is InChI=1S/C58H43N13/c1-68-55(33-70-36-61-62-37-70)45-26-24-40(41-15-5-8-18-46(41)57-48-20-10-7-17-43(48)52(63-66-57)31-69-28-27-59-34-69)30-50(45)58(67-68)47-19-9-6-16-42(47)39-23-25-44-49(29-39)56(38-13-3-2-4-14-38)65-64-53(44)32-71-35-60-51-21-11-12-22-54(51)71/h2-30,34-37,67H,31-33H2,1H3. The number of nitrogens with zero attached hydrogens (tertiary/aromatic N) is 12. The molecule has 0 fully saturated rings. The Hall–Kier alpha value is -9.62. The van der Waals surface area contributed by atoms with Gasteiger partial charge in [-0.05, 0) is 46.5 Å². The maximum atomic E-state index is 4.95. The van der Waals surface area contributed by atoms with Crippen LogP contribution >= 0.6 is 0 Å². The third kappa shape index (κ3) is 7.52. The summed E-state index contributed by atoms with van der Waals surface area (Å²) in [6.45, 7) is 1.66. The van der Waals surface area contributed by atoms with E-state index in [9.17, 15) is 0 Å². The molecule has 340 valence electrons. The normalized spacial score (nSPS) is 12.5. The molecule has 0 spiro atoms. The van der Waals surface area contributed by atoms with Crippen molar-refractivity contribution in [3.05, 3.63) is 229 Å². The van der Waals surface area contributed by atoms with E-state index < -0.39 is 0 Å². The van der Waals surface area contributed by atoms with Crippen LogP contribution in [0.15, 0.2) is 201 Å². The minimum atomic E-state index is 0.528. The molecule has 5 aromatic heterocycles. The van der Waals surface area contributed by atoms with Crippen LogP contribution in [0.2, 0.25) is 0 Å². The summed E-state index contributed by atoms with van der Waals surface area (Å²) in [5, 5.41) is 36.3. The van der Waals surface area contributed by atoms with Gasteiger partial charge in [0.25, 0.3) is 0 Å². The Morgan fingerprint density at radius 2 is 1.13 bits per heavy atom. The summed E-state index contributed by atoms with van der Waals surface area (Å²) in [6, 6.07) is 57.5. The summed E-state index contributed by atoms with van der Waals surface area (Å²) in [5.41, 5.74) is 18.6. The highest BCUT2D eigenvalue weighted by molar-refractivity contribution is 6.00. The molecule has 0 amide bonds. The third-order valence-electron chi connectivity index (χ3n) is 13.5. The second-order valence-electron chi connectivity index (χ2n) is 17.7. The number of aromatic nitrogens is 11. The Balaban J connectivity index is 0.988. The SMILES string of the molecule is CN1NC(c2ccccc2-c2ccc3c(Cn4cnc5ccccc54)nnc(-c4ccccc4)c3c2)=c2cc(-c3ccccc3-c3nnc(Cn4ccnc4)c4ccccc34)ccc2=C1Cn1cnnc1. The molecule has 13 nitrogen and oxygen atoms in total. The number of likely N-dealkylation sites (N-methyl/N-ethyl adjacent to an activating group) is 1. The van der Waals surface area contributed by atoms with Crippen LogP contribution < -0.4 is 15.9 Å². The minimum Gasteiger partial charge on any atom is -0.331 e. The summed E-state index contributed by atoms with van der Waals surface area (Å²) >= 11 is 0. The first-order valence-corrected chi connectivity index (χ1v) is 23.5. The zero-order valence-electron chi connectivity index (χ0n) is 38.5. The summed E-state index contributed by atoms with van der Waals surface area (Å²) in [5.74, 6) is 0. The first-order chi connectivity index (χ1) is 35.1. The molecule has 12 aromatic rings. The molecular formula is C58H43N13. The van der Waals surface area contributed by atoms with Gasteiger partial charge in [0.15, 0.2) is 0 Å². The smallest absolute Gasteiger partial charge is 0.119 e. The van der Waals surface area contributed by atoms with Crippen LogP contribution in [0.5, 0.6) is 0 Å². The van der Waals surface area contributed by atoms with Crippen molar-refractivity contribution >= 4 is 44.0 Å². The highest BCUT2D eigenvalue weighted by Gasteiger charge is 2.23. The van der Waals surface area contributed by atoms with E-state index in [1.165, 1.54) is 0 Å². The van der Waals surface area contributed by atoms with E-state index in [1.54, 1.807) is 25.2 Å². The van der Waals surface area contributed by atoms with E-state index in [1.807, 2.05) is 58.1 Å². The second kappa shape index (κ2) is 17.5. The van der Waals surface area contributed by atoms with E-state index in [0.717, 1.165) is 116 Å². The van der Waals surface area contributed by atoms with Crippen molar-refractivity contribution in [3.8, 4) is 44.8 Å². The lowest BCUT2D eigenvalue weighted by molar-refractivity contribution is 0.391. The topological polar surface area (TPSA) is 133 Å². The molecule has 13 rings (SSSR count). The summed E-state index contributed by atoms with van der Waals surface area (Å²) in [4.78, 5) is 8.91. The van der Waals surface area contributed by atoms with E-state index in [4.69, 9.17) is 20.4 Å². The lowest BCUT2D eigenvalue weighted by atomic mass is 9.91. The van der Waals surface area contributed by atoms with E-state index in [-0.39, 0.29) is 0 Å². The maximum Gasteiger partial charge on any atom is 0.119 e. The Bertz CT molecular complexity index is 4090. The largest absolute Gasteiger partial charge is 0.331 e. The predicted octanol–water partition coefficient (Wildman–Crippen LogP) is 8.89. The third-order valence-corrected chi connectivity index (χ3v) is 13.5. The average molecular weight is 922 g/mol. The van der Waals surface area contributed by atoms with E-state index in [2.05, 4.69) is 170 Å². The second-order valence-corrected chi connectivity index (χ2v) is 17.7. The van der Waals surface area contributed by atoms with Crippen molar-refractivity contribution in [1.29, 1.82) is 0 Å². The van der Waals surface area contributed by atoms with Gasteiger partial charge in [-0.3, -0.25) is 10.4 Å². The monoisotopic (exact) mass is 921 g/mol. The quantitative estimate of drug-likeness (QED) is 0.134. The molecule has 71 heavy (non-hydrogen) atoms. The van der Waals surface area contributed by atoms with Crippen molar-refractivity contribution in [2.45, 2.75) is 19.6 Å². The van der Waals surface area contributed by atoms with Gasteiger partial charge in [-0.25, -0.2) is 9.97 Å². The Labute approximate surface area is 407 Å². The van der Waals surface area contributed by atoms with Crippen molar-refractivity contribution in [1.82, 2.24) is 64.7 Å². The van der Waals surface area contributed by atoms with Gasteiger partial charge in [0.05, 0.1) is 66.1 Å². The highest BCUT2D eigenvalue weighted by Crippen LogP contribution is 2.37. The Morgan fingerprint density at radius 3 is 1.94 bits per heavy atom. The molecule has 0 unspecified atom stereocenters. The van der Waals surface area contributed by atoms with Crippen LogP contribution in [0.25, 0.3) is 88.7 Å². The molecule has 0 saturated heterocycles. The first-order valence-electron chi connectivity index (χ1n) is 23.5. The van der Waals surface area contributed by atoms with Crippen molar-refractivity contribution < 1.29 is 0 Å². The molecule has 1 aliphatic rings. The fourth-order valence-electron chi connectivity index (χ4n) is 10.0. The molecule has 0 bridgehead atoms. The number of rotatable bonds is 11. The predicted molar refractivity (Wildman–Crippen MR) is 277 cm³/mol. The highest BCUT2D eigenvalue weighted by atomic mass is 15.5. The van der Waals surface area contributed by atoms with Crippen molar-refractivity contribution in [3.63, 3.8) is 0 Å². The van der Waals surface area contributed by atoms with Crippen LogP contribution in [0.4, 0.5) is 0 Å². The fraction of sp³-hybridized carbons (Fsp3) is 0.0690. The molecule has 1 aliphatic heterocycles. The van der Waals surface area contributed by atoms with E-state index in [0.29, 0.717) is 19.6 Å². The van der Waals surface area contributed by atoms with Gasteiger partial charge in [0.1, 0.15) is 24.0 Å². The van der Waals surface area contributed by atoms with Gasteiger partial charge in [0, 0.05) is 68.1 Å². The molecular weight excluding hydrogens is 879 g/mol. The molecule has 1 N–H and O–H groups in total. The van der Waals surface area contributed by atoms with Gasteiger partial charge in [0.2, 0.25) is 0 Å². The number of hydrazine groups is 1. The van der Waals surface area contributed by atoms with Crippen LogP contribution in [-0.4, -0.2) is 66.3 Å². The molecule has 0 radical (unpaired) electrons. The lowest BCUT2D eigenvalue weighted by Crippen LogP contribution is -2.49. The summed E-state index contributed by atoms with van der Waals surface area (Å²) in [6.07, 6.45) is 10.9. The Kier molecular flexibility index (Phi) is 10.2. The number of benzene rings is 7. The summed E-state index contributed by atoms with van der Waals surface area (Å²) in [7, 11) is 2.07. The fourth-order valence-corrected chi connectivity index (χ4v) is 10.0. The van der Waals surface area contributed by atoms with E-state index >= 15 is 0 Å². The van der Waals surface area contributed by atoms with Gasteiger partial charge < -0.3 is 13.7 Å². The summed E-state index contributed by atoms with van der Waals surface area (Å²) < 4.78 is 6.15. The number of hydrogen-bond donors (Lipinski definition) is 1. The molecule has 13 heteroatoms.